The first-order valence-corrected chi connectivity index (χ1v) is 14.7. The van der Waals surface area contributed by atoms with Crippen molar-refractivity contribution in [2.75, 3.05) is 0 Å². The van der Waals surface area contributed by atoms with Crippen molar-refractivity contribution in [2.24, 2.45) is 0 Å². The molecule has 0 heterocycles. The molecule has 7 rings (SSSR count). The van der Waals surface area contributed by atoms with E-state index in [1.807, 2.05) is 109 Å². The van der Waals surface area contributed by atoms with Crippen LogP contribution in [0.25, 0.3) is 43.1 Å². The van der Waals surface area contributed by atoms with Gasteiger partial charge in [-0.05, 0) is 61.3 Å². The predicted molar refractivity (Wildman–Crippen MR) is 161 cm³/mol. The molecule has 0 amide bonds. The minimum absolute atomic E-state index is 0.205. The van der Waals surface area contributed by atoms with Gasteiger partial charge in [-0.3, -0.25) is 0 Å². The maximum atomic E-state index is 16.1. The van der Waals surface area contributed by atoms with E-state index in [2.05, 4.69) is 0 Å². The maximum absolute atomic E-state index is 16.1. The third-order valence-corrected chi connectivity index (χ3v) is 10.9. The minimum Gasteiger partial charge on any atom is -0.309 e. The van der Waals surface area contributed by atoms with Crippen molar-refractivity contribution in [1.29, 1.82) is 0 Å². The van der Waals surface area contributed by atoms with Crippen molar-refractivity contribution in [3.63, 3.8) is 0 Å². The number of fused-ring (bicyclic) bond motifs is 6. The normalized spacial score (nSPS) is 12.5. The Kier molecular flexibility index (Phi) is 5.59. The average Bonchev–Trinajstić information content (AvgIpc) is 2.99. The van der Waals surface area contributed by atoms with Crippen LogP contribution in [0.1, 0.15) is 5.56 Å². The van der Waals surface area contributed by atoms with Crippen LogP contribution in [-0.4, -0.2) is 0 Å². The van der Waals surface area contributed by atoms with Gasteiger partial charge in [-0.1, -0.05) is 115 Å². The molecule has 7 aromatic carbocycles. The first-order chi connectivity index (χ1) is 19.4. The molecule has 194 valence electrons. The van der Waals surface area contributed by atoms with Gasteiger partial charge in [0.15, 0.2) is 7.14 Å². The van der Waals surface area contributed by atoms with Crippen LogP contribution in [0, 0.1) is 0 Å². The van der Waals surface area contributed by atoms with Gasteiger partial charge in [0.25, 0.3) is 0 Å². The molecule has 0 aliphatic rings. The van der Waals surface area contributed by atoms with E-state index in [1.54, 1.807) is 6.07 Å². The Morgan fingerprint density at radius 1 is 0.425 bits per heavy atom. The minimum atomic E-state index is -4.69. The Hall–Kier alpha value is -4.40. The molecule has 0 aromatic heterocycles. The van der Waals surface area contributed by atoms with Crippen LogP contribution in [0.2, 0.25) is 0 Å². The second-order valence-electron chi connectivity index (χ2n) is 9.95. The van der Waals surface area contributed by atoms with Crippen molar-refractivity contribution < 1.29 is 17.7 Å². The Morgan fingerprint density at radius 2 is 0.800 bits per heavy atom. The molecular formula is C35H22F3OP. The zero-order valence-corrected chi connectivity index (χ0v) is 22.1. The SMILES string of the molecule is O=P(c1ccccc1C(F)(F)F)(c1cc2ccccc2c2ccccc12)c1cc2ccccc2c2ccccc12. The first-order valence-electron chi connectivity index (χ1n) is 13.0. The molecule has 0 fully saturated rings. The number of benzene rings is 7. The van der Waals surface area contributed by atoms with Gasteiger partial charge in [-0.2, -0.15) is 13.2 Å². The van der Waals surface area contributed by atoms with Gasteiger partial charge >= 0.3 is 6.18 Å². The molecule has 7 aromatic rings. The Bertz CT molecular complexity index is 2020. The predicted octanol–water partition coefficient (Wildman–Crippen LogP) is 8.96. The fourth-order valence-corrected chi connectivity index (χ4v) is 9.29. The fraction of sp³-hybridized carbons (Fsp3) is 0.0286. The molecule has 0 N–H and O–H groups in total. The van der Waals surface area contributed by atoms with E-state index in [0.29, 0.717) is 21.4 Å². The summed E-state index contributed by atoms with van der Waals surface area (Å²) in [5.41, 5.74) is -0.882. The molecule has 0 spiro atoms. The lowest BCUT2D eigenvalue weighted by Gasteiger charge is -2.27. The van der Waals surface area contributed by atoms with Crippen molar-refractivity contribution >= 4 is 66.1 Å². The molecule has 0 aliphatic heterocycles. The average molecular weight is 547 g/mol. The van der Waals surface area contributed by atoms with Gasteiger partial charge in [0.2, 0.25) is 0 Å². The second kappa shape index (κ2) is 9.08. The monoisotopic (exact) mass is 546 g/mol. The number of hydrogen-bond acceptors (Lipinski definition) is 1. The summed E-state index contributed by atoms with van der Waals surface area (Å²) >= 11 is 0. The summed E-state index contributed by atoms with van der Waals surface area (Å²) in [6.07, 6.45) is -4.69. The lowest BCUT2D eigenvalue weighted by molar-refractivity contribution is -0.136. The van der Waals surface area contributed by atoms with Crippen LogP contribution in [0.15, 0.2) is 133 Å². The van der Waals surface area contributed by atoms with Crippen LogP contribution < -0.4 is 15.9 Å². The zero-order valence-electron chi connectivity index (χ0n) is 21.2. The largest absolute Gasteiger partial charge is 0.417 e. The molecule has 5 heteroatoms. The third kappa shape index (κ3) is 3.67. The summed E-state index contributed by atoms with van der Waals surface area (Å²) in [5.74, 6) is 0. The quantitative estimate of drug-likeness (QED) is 0.160. The molecule has 0 aliphatic carbocycles. The molecule has 40 heavy (non-hydrogen) atoms. The van der Waals surface area contributed by atoms with E-state index in [1.165, 1.54) is 12.1 Å². The van der Waals surface area contributed by atoms with Crippen molar-refractivity contribution in [3.05, 3.63) is 139 Å². The third-order valence-electron chi connectivity index (χ3n) is 7.72. The van der Waals surface area contributed by atoms with Gasteiger partial charge in [-0.25, -0.2) is 0 Å². The van der Waals surface area contributed by atoms with Crippen LogP contribution in [0.4, 0.5) is 13.2 Å². The Balaban J connectivity index is 1.73. The molecule has 0 radical (unpaired) electrons. The van der Waals surface area contributed by atoms with Crippen LogP contribution >= 0.6 is 7.14 Å². The van der Waals surface area contributed by atoms with Gasteiger partial charge in [0.1, 0.15) is 0 Å². The van der Waals surface area contributed by atoms with Crippen LogP contribution in [0.3, 0.4) is 0 Å². The molecule has 0 atom stereocenters. The van der Waals surface area contributed by atoms with Crippen molar-refractivity contribution in [3.8, 4) is 0 Å². The lowest BCUT2D eigenvalue weighted by atomic mass is 10.0. The molecule has 1 nitrogen and oxygen atoms in total. The van der Waals surface area contributed by atoms with Gasteiger partial charge in [-0.15, -0.1) is 0 Å². The number of hydrogen-bond donors (Lipinski definition) is 0. The second-order valence-corrected chi connectivity index (χ2v) is 12.6. The van der Waals surface area contributed by atoms with Gasteiger partial charge < -0.3 is 4.57 Å². The number of rotatable bonds is 3. The van der Waals surface area contributed by atoms with E-state index < -0.39 is 18.9 Å². The van der Waals surface area contributed by atoms with E-state index in [-0.39, 0.29) is 5.30 Å². The molecule has 0 saturated heterocycles. The summed E-state index contributed by atoms with van der Waals surface area (Å²) < 4.78 is 60.0. The number of alkyl halides is 3. The van der Waals surface area contributed by atoms with E-state index >= 15 is 4.57 Å². The van der Waals surface area contributed by atoms with E-state index in [9.17, 15) is 13.2 Å². The fourth-order valence-electron chi connectivity index (χ4n) is 5.97. The summed E-state index contributed by atoms with van der Waals surface area (Å²) in [5, 5.41) is 7.23. The summed E-state index contributed by atoms with van der Waals surface area (Å²) in [7, 11) is -4.13. The van der Waals surface area contributed by atoms with Crippen LogP contribution in [-0.2, 0) is 10.7 Å². The van der Waals surface area contributed by atoms with Gasteiger partial charge in [0, 0.05) is 15.9 Å². The molecule has 0 saturated carbocycles. The van der Waals surface area contributed by atoms with Crippen molar-refractivity contribution in [2.45, 2.75) is 6.18 Å². The van der Waals surface area contributed by atoms with Crippen LogP contribution in [0.5, 0.6) is 0 Å². The molecule has 0 bridgehead atoms. The highest BCUT2D eigenvalue weighted by Gasteiger charge is 2.42. The number of halogens is 3. The molecule has 0 unspecified atom stereocenters. The standard InChI is InChI=1S/C35H22F3OP/c36-35(37,38)31-19-9-10-20-32(31)40(39,33-21-23-11-1-3-13-25(23)27-15-5-7-17-29(27)33)34-22-24-12-2-4-14-26(24)28-16-6-8-18-30(28)34/h1-22H. The lowest BCUT2D eigenvalue weighted by Crippen LogP contribution is -2.31. The van der Waals surface area contributed by atoms with E-state index in [0.717, 1.165) is 38.4 Å². The summed E-state index contributed by atoms with van der Waals surface area (Å²) in [4.78, 5) is 0. The molecular weight excluding hydrogens is 524 g/mol. The summed E-state index contributed by atoms with van der Waals surface area (Å²) in [6.45, 7) is 0. The smallest absolute Gasteiger partial charge is 0.309 e. The van der Waals surface area contributed by atoms with Crippen molar-refractivity contribution in [1.82, 2.24) is 0 Å². The maximum Gasteiger partial charge on any atom is 0.417 e. The first kappa shape index (κ1) is 24.6. The highest BCUT2D eigenvalue weighted by atomic mass is 31.2. The topological polar surface area (TPSA) is 17.1 Å². The zero-order chi connectivity index (χ0) is 27.5. The van der Waals surface area contributed by atoms with E-state index in [4.69, 9.17) is 0 Å². The Labute approximate surface area is 228 Å². The summed E-state index contributed by atoms with van der Waals surface area (Å²) in [6, 6.07) is 39.6. The Morgan fingerprint density at radius 3 is 1.27 bits per heavy atom. The highest BCUT2D eigenvalue weighted by molar-refractivity contribution is 7.86. The van der Waals surface area contributed by atoms with Gasteiger partial charge in [0.05, 0.1) is 5.56 Å². The highest BCUT2D eigenvalue weighted by Crippen LogP contribution is 2.50.